The molecule has 6 nitrogen and oxygen atoms in total. The van der Waals surface area contributed by atoms with Crippen molar-refractivity contribution in [2.75, 3.05) is 45.8 Å². The van der Waals surface area contributed by atoms with Gasteiger partial charge >= 0.3 is 0 Å². The predicted molar refractivity (Wildman–Crippen MR) is 109 cm³/mol. The maximum atomic E-state index is 12.9. The Balaban J connectivity index is 1.27. The summed E-state index contributed by atoms with van der Waals surface area (Å²) < 4.78 is 0. The van der Waals surface area contributed by atoms with E-state index >= 15 is 0 Å². The molecule has 1 aromatic carbocycles. The molecule has 0 spiro atoms. The molecule has 1 unspecified atom stereocenters. The van der Waals surface area contributed by atoms with E-state index in [4.69, 9.17) is 0 Å². The lowest BCUT2D eigenvalue weighted by molar-refractivity contribution is -0.143. The average Bonchev–Trinajstić information content (AvgIpc) is 2.75. The fourth-order valence-electron chi connectivity index (χ4n) is 4.91. The number of carbonyl (C=O) groups is 2. The second-order valence-electron chi connectivity index (χ2n) is 8.44. The first-order chi connectivity index (χ1) is 13.7. The third-order valence-corrected chi connectivity index (χ3v) is 6.47. The van der Waals surface area contributed by atoms with Crippen molar-refractivity contribution in [2.24, 2.45) is 5.92 Å². The molecule has 1 atom stereocenters. The molecule has 1 N–H and O–H groups in total. The zero-order chi connectivity index (χ0) is 19.3. The molecular formula is C22H32N4O2. The lowest BCUT2D eigenvalue weighted by atomic mass is 9.92. The second kappa shape index (κ2) is 9.05. The van der Waals surface area contributed by atoms with Gasteiger partial charge in [0.05, 0.1) is 12.5 Å². The first-order valence-electron chi connectivity index (χ1n) is 10.7. The number of nitrogens with zero attached hydrogens (tertiary/aromatic N) is 3. The molecule has 3 aliphatic heterocycles. The van der Waals surface area contributed by atoms with Gasteiger partial charge in [-0.15, -0.1) is 0 Å². The van der Waals surface area contributed by atoms with Crippen LogP contribution in [0.1, 0.15) is 31.2 Å². The molecule has 0 aliphatic carbocycles. The third kappa shape index (κ3) is 4.73. The maximum absolute atomic E-state index is 12.9. The Bertz CT molecular complexity index is 672. The number of carbonyl (C=O) groups excluding carboxylic acids is 2. The van der Waals surface area contributed by atoms with E-state index in [0.29, 0.717) is 19.1 Å². The van der Waals surface area contributed by atoms with E-state index in [1.54, 1.807) is 4.90 Å². The highest BCUT2D eigenvalue weighted by Crippen LogP contribution is 2.25. The summed E-state index contributed by atoms with van der Waals surface area (Å²) in [6, 6.07) is 11.3. The molecule has 0 radical (unpaired) electrons. The smallest absolute Gasteiger partial charge is 0.239 e. The summed E-state index contributed by atoms with van der Waals surface area (Å²) in [6.45, 7) is 6.72. The zero-order valence-corrected chi connectivity index (χ0v) is 16.7. The molecule has 3 heterocycles. The number of benzene rings is 1. The van der Waals surface area contributed by atoms with Gasteiger partial charge in [-0.05, 0) is 50.9 Å². The Hall–Kier alpha value is -1.92. The van der Waals surface area contributed by atoms with E-state index in [1.165, 1.54) is 18.4 Å². The lowest BCUT2D eigenvalue weighted by Gasteiger charge is -2.43. The summed E-state index contributed by atoms with van der Waals surface area (Å²) in [6.07, 6.45) is 4.40. The number of hydrogen-bond acceptors (Lipinski definition) is 4. The summed E-state index contributed by atoms with van der Waals surface area (Å²) >= 11 is 0. The number of piperazine rings is 1. The molecule has 152 valence electrons. The molecule has 0 aromatic heterocycles. The SMILES string of the molecule is O=C1CN(C(=O)C2CCCN(C3CCN(Cc4ccccc4)CC3)C2)CCN1. The third-order valence-electron chi connectivity index (χ3n) is 6.47. The van der Waals surface area contributed by atoms with Gasteiger partial charge in [0.15, 0.2) is 0 Å². The van der Waals surface area contributed by atoms with Crippen LogP contribution in [-0.4, -0.2) is 78.4 Å². The number of nitrogens with one attached hydrogen (secondary N) is 1. The molecule has 3 saturated heterocycles. The summed E-state index contributed by atoms with van der Waals surface area (Å²) in [5.74, 6) is 0.209. The van der Waals surface area contributed by atoms with Crippen LogP contribution in [0.15, 0.2) is 30.3 Å². The topological polar surface area (TPSA) is 55.9 Å². The summed E-state index contributed by atoms with van der Waals surface area (Å²) in [5, 5.41) is 2.80. The van der Waals surface area contributed by atoms with Crippen molar-refractivity contribution in [1.29, 1.82) is 0 Å². The molecule has 1 aromatic rings. The highest BCUT2D eigenvalue weighted by Gasteiger charge is 2.34. The highest BCUT2D eigenvalue weighted by molar-refractivity contribution is 5.87. The van der Waals surface area contributed by atoms with Crippen LogP contribution in [0.3, 0.4) is 0 Å². The van der Waals surface area contributed by atoms with E-state index < -0.39 is 0 Å². The summed E-state index contributed by atoms with van der Waals surface area (Å²) in [7, 11) is 0. The van der Waals surface area contributed by atoms with E-state index in [0.717, 1.165) is 45.6 Å². The molecule has 0 bridgehead atoms. The fourth-order valence-corrected chi connectivity index (χ4v) is 4.91. The number of likely N-dealkylation sites (tertiary alicyclic amines) is 2. The van der Waals surface area contributed by atoms with Crippen molar-refractivity contribution in [2.45, 2.75) is 38.3 Å². The van der Waals surface area contributed by atoms with Gasteiger partial charge in [-0.3, -0.25) is 19.4 Å². The van der Waals surface area contributed by atoms with Crippen LogP contribution >= 0.6 is 0 Å². The van der Waals surface area contributed by atoms with Crippen molar-refractivity contribution in [3.05, 3.63) is 35.9 Å². The molecule has 3 fully saturated rings. The van der Waals surface area contributed by atoms with Gasteiger partial charge in [-0.1, -0.05) is 30.3 Å². The molecular weight excluding hydrogens is 352 g/mol. The summed E-state index contributed by atoms with van der Waals surface area (Å²) in [5.41, 5.74) is 1.38. The highest BCUT2D eigenvalue weighted by atomic mass is 16.2. The minimum absolute atomic E-state index is 0.0296. The Morgan fingerprint density at radius 1 is 1.04 bits per heavy atom. The van der Waals surface area contributed by atoms with E-state index in [1.807, 2.05) is 0 Å². The Kier molecular flexibility index (Phi) is 6.27. The Morgan fingerprint density at radius 2 is 1.82 bits per heavy atom. The minimum Gasteiger partial charge on any atom is -0.353 e. The van der Waals surface area contributed by atoms with Crippen molar-refractivity contribution in [3.63, 3.8) is 0 Å². The molecule has 28 heavy (non-hydrogen) atoms. The second-order valence-corrected chi connectivity index (χ2v) is 8.44. The Morgan fingerprint density at radius 3 is 2.57 bits per heavy atom. The van der Waals surface area contributed by atoms with Gasteiger partial charge in [0.25, 0.3) is 0 Å². The van der Waals surface area contributed by atoms with Crippen LogP contribution in [-0.2, 0) is 16.1 Å². The molecule has 2 amide bonds. The van der Waals surface area contributed by atoms with Crippen LogP contribution in [0.5, 0.6) is 0 Å². The quantitative estimate of drug-likeness (QED) is 0.851. The van der Waals surface area contributed by atoms with Crippen LogP contribution in [0.4, 0.5) is 0 Å². The van der Waals surface area contributed by atoms with Crippen molar-refractivity contribution < 1.29 is 9.59 Å². The van der Waals surface area contributed by atoms with Crippen molar-refractivity contribution in [3.8, 4) is 0 Å². The Labute approximate surface area is 167 Å². The molecule has 3 aliphatic rings. The maximum Gasteiger partial charge on any atom is 0.239 e. The van der Waals surface area contributed by atoms with Gasteiger partial charge < -0.3 is 10.2 Å². The number of hydrogen-bond donors (Lipinski definition) is 1. The van der Waals surface area contributed by atoms with Crippen LogP contribution in [0.25, 0.3) is 0 Å². The first-order valence-corrected chi connectivity index (χ1v) is 10.7. The lowest BCUT2D eigenvalue weighted by Crippen LogP contribution is -2.55. The predicted octanol–water partition coefficient (Wildman–Crippen LogP) is 1.32. The average molecular weight is 385 g/mol. The first kappa shape index (κ1) is 19.4. The normalized spacial score (nSPS) is 25.5. The minimum atomic E-state index is -0.0296. The largest absolute Gasteiger partial charge is 0.353 e. The van der Waals surface area contributed by atoms with Crippen LogP contribution in [0, 0.1) is 5.92 Å². The van der Waals surface area contributed by atoms with Crippen molar-refractivity contribution >= 4 is 11.8 Å². The summed E-state index contributed by atoms with van der Waals surface area (Å²) in [4.78, 5) is 31.4. The standard InChI is InChI=1S/C22H32N4O2/c27-21-17-26(14-10-23-21)22(28)19-7-4-11-25(16-19)20-8-12-24(13-9-20)15-18-5-2-1-3-6-18/h1-3,5-6,19-20H,4,7-17H2,(H,23,27). The van der Waals surface area contributed by atoms with Gasteiger partial charge in [0.1, 0.15) is 0 Å². The number of rotatable bonds is 4. The monoisotopic (exact) mass is 384 g/mol. The van der Waals surface area contributed by atoms with Crippen molar-refractivity contribution in [1.82, 2.24) is 20.0 Å². The van der Waals surface area contributed by atoms with Gasteiger partial charge in [-0.2, -0.15) is 0 Å². The zero-order valence-electron chi connectivity index (χ0n) is 16.7. The van der Waals surface area contributed by atoms with Gasteiger partial charge in [0, 0.05) is 32.2 Å². The van der Waals surface area contributed by atoms with Gasteiger partial charge in [0.2, 0.25) is 11.8 Å². The molecule has 6 heteroatoms. The van der Waals surface area contributed by atoms with E-state index in [-0.39, 0.29) is 24.3 Å². The van der Waals surface area contributed by atoms with E-state index in [9.17, 15) is 9.59 Å². The van der Waals surface area contributed by atoms with Crippen LogP contribution < -0.4 is 5.32 Å². The van der Waals surface area contributed by atoms with Gasteiger partial charge in [-0.25, -0.2) is 0 Å². The van der Waals surface area contributed by atoms with E-state index in [2.05, 4.69) is 45.4 Å². The number of piperidine rings is 2. The van der Waals surface area contributed by atoms with Crippen LogP contribution in [0.2, 0.25) is 0 Å². The molecule has 4 rings (SSSR count). The number of amides is 2. The fraction of sp³-hybridized carbons (Fsp3) is 0.636. The molecule has 0 saturated carbocycles.